The molecule has 0 N–H and O–H groups in total. The molecule has 2 aliphatic rings. The molecule has 0 amide bonds. The summed E-state index contributed by atoms with van der Waals surface area (Å²) in [6.07, 6.45) is 4.54. The van der Waals surface area contributed by atoms with Gasteiger partial charge in [-0.05, 0) is 53.7 Å². The maximum atomic E-state index is 12.5. The molecule has 0 aromatic heterocycles. The van der Waals surface area contributed by atoms with E-state index in [0.717, 1.165) is 18.4 Å². The van der Waals surface area contributed by atoms with Crippen LogP contribution in [0.4, 0.5) is 0 Å². The van der Waals surface area contributed by atoms with Gasteiger partial charge in [0.25, 0.3) is 10.1 Å². The fraction of sp³-hybridized carbons (Fsp3) is 0.556. The average Bonchev–Trinajstić information content (AvgIpc) is 2.79. The lowest BCUT2D eigenvalue weighted by atomic mass is 9.71. The van der Waals surface area contributed by atoms with E-state index >= 15 is 0 Å². The first-order chi connectivity index (χ1) is 10.2. The fourth-order valence-corrected chi connectivity index (χ4v) is 5.40. The van der Waals surface area contributed by atoms with E-state index < -0.39 is 10.1 Å². The molecule has 22 heavy (non-hydrogen) atoms. The van der Waals surface area contributed by atoms with Crippen molar-refractivity contribution in [2.45, 2.75) is 51.0 Å². The quantitative estimate of drug-likeness (QED) is 0.779. The van der Waals surface area contributed by atoms with Gasteiger partial charge in [0.15, 0.2) is 0 Å². The molecular weight excluding hydrogens is 296 g/mol. The second kappa shape index (κ2) is 4.93. The highest BCUT2D eigenvalue weighted by atomic mass is 32.2. The third-order valence-corrected chi connectivity index (χ3v) is 7.59. The van der Waals surface area contributed by atoms with Crippen LogP contribution < -0.4 is 0 Å². The summed E-state index contributed by atoms with van der Waals surface area (Å²) < 4.78 is 30.7. The smallest absolute Gasteiger partial charge is 0.263 e. The van der Waals surface area contributed by atoms with E-state index in [2.05, 4.69) is 27.4 Å². The van der Waals surface area contributed by atoms with E-state index in [1.807, 2.05) is 0 Å². The molecule has 2 saturated carbocycles. The molecule has 4 heteroatoms. The first kappa shape index (κ1) is 15.8. The van der Waals surface area contributed by atoms with Gasteiger partial charge in [-0.2, -0.15) is 8.42 Å². The monoisotopic (exact) mass is 320 g/mol. The molecule has 1 aromatic carbocycles. The third kappa shape index (κ3) is 2.24. The zero-order chi connectivity index (χ0) is 16.2. The summed E-state index contributed by atoms with van der Waals surface area (Å²) in [5.41, 5.74) is 1.22. The molecule has 3 unspecified atom stereocenters. The minimum Gasteiger partial charge on any atom is -0.263 e. The van der Waals surface area contributed by atoms with Crippen LogP contribution in [0.2, 0.25) is 0 Å². The minimum atomic E-state index is -3.70. The van der Waals surface area contributed by atoms with Crippen LogP contribution in [0.3, 0.4) is 0 Å². The van der Waals surface area contributed by atoms with Crippen LogP contribution in [0.25, 0.3) is 6.08 Å². The molecule has 2 aliphatic carbocycles. The van der Waals surface area contributed by atoms with Crippen LogP contribution in [0.5, 0.6) is 0 Å². The molecule has 3 atom stereocenters. The van der Waals surface area contributed by atoms with Gasteiger partial charge in [0.2, 0.25) is 0 Å². The molecule has 0 heterocycles. The van der Waals surface area contributed by atoms with Gasteiger partial charge in [-0.1, -0.05) is 45.6 Å². The number of hydrogen-bond donors (Lipinski definition) is 0. The molecule has 120 valence electrons. The summed E-state index contributed by atoms with van der Waals surface area (Å²) in [7, 11) is -3.70. The maximum Gasteiger partial charge on any atom is 0.297 e. The second-order valence-corrected chi connectivity index (χ2v) is 9.07. The molecule has 1 aromatic rings. The summed E-state index contributed by atoms with van der Waals surface area (Å²) in [6.45, 7) is 10.4. The Morgan fingerprint density at radius 3 is 2.32 bits per heavy atom. The molecule has 3 nitrogen and oxygen atoms in total. The van der Waals surface area contributed by atoms with Crippen molar-refractivity contribution in [3.8, 4) is 0 Å². The zero-order valence-electron chi connectivity index (χ0n) is 13.5. The van der Waals surface area contributed by atoms with E-state index in [-0.39, 0.29) is 21.8 Å². The zero-order valence-corrected chi connectivity index (χ0v) is 14.3. The predicted octanol–water partition coefficient (Wildman–Crippen LogP) is 4.25. The summed E-state index contributed by atoms with van der Waals surface area (Å²) in [5.74, 6) is 0.319. The third-order valence-electron chi connectivity index (χ3n) is 6.24. The Balaban J connectivity index is 1.82. The number of benzene rings is 1. The molecule has 0 radical (unpaired) electrons. The van der Waals surface area contributed by atoms with Gasteiger partial charge < -0.3 is 0 Å². The lowest BCUT2D eigenvalue weighted by Gasteiger charge is -2.33. The Hall–Kier alpha value is -1.13. The Bertz CT molecular complexity index is 685. The van der Waals surface area contributed by atoms with Crippen LogP contribution >= 0.6 is 0 Å². The SMILES string of the molecule is C=Cc1ccc(S(=O)(=O)OC2CC3(C)CCC2C3(C)C)cc1. The van der Waals surface area contributed by atoms with Crippen LogP contribution in [0.1, 0.15) is 45.6 Å². The molecule has 3 rings (SSSR count). The van der Waals surface area contributed by atoms with Crippen LogP contribution in [-0.2, 0) is 14.3 Å². The van der Waals surface area contributed by atoms with Crippen LogP contribution in [0.15, 0.2) is 35.7 Å². The summed E-state index contributed by atoms with van der Waals surface area (Å²) in [4.78, 5) is 0.226. The standard InChI is InChI=1S/C18H24O3S/c1-5-13-6-8-14(9-7-13)22(19,20)21-16-12-18(4)11-10-15(16)17(18,2)3/h5-9,15-16H,1,10-12H2,2-4H3. The number of rotatable bonds is 4. The first-order valence-corrected chi connectivity index (χ1v) is 9.26. The average molecular weight is 320 g/mol. The van der Waals surface area contributed by atoms with Crippen molar-refractivity contribution in [3.05, 3.63) is 36.4 Å². The molecule has 2 bridgehead atoms. The van der Waals surface area contributed by atoms with Gasteiger partial charge in [0.05, 0.1) is 11.0 Å². The van der Waals surface area contributed by atoms with Gasteiger partial charge >= 0.3 is 0 Å². The van der Waals surface area contributed by atoms with E-state index in [9.17, 15) is 8.42 Å². The molecular formula is C18H24O3S. The largest absolute Gasteiger partial charge is 0.297 e. The van der Waals surface area contributed by atoms with Crippen LogP contribution in [0, 0.1) is 16.7 Å². The molecule has 0 aliphatic heterocycles. The molecule has 0 spiro atoms. The highest BCUT2D eigenvalue weighted by molar-refractivity contribution is 7.86. The van der Waals surface area contributed by atoms with Gasteiger partial charge in [-0.15, -0.1) is 0 Å². The van der Waals surface area contributed by atoms with Crippen molar-refractivity contribution in [2.24, 2.45) is 16.7 Å². The fourth-order valence-electron chi connectivity index (χ4n) is 4.30. The first-order valence-electron chi connectivity index (χ1n) is 7.85. The minimum absolute atomic E-state index is 0.139. The number of fused-ring (bicyclic) bond motifs is 2. The maximum absolute atomic E-state index is 12.5. The number of hydrogen-bond acceptors (Lipinski definition) is 3. The van der Waals surface area contributed by atoms with Crippen molar-refractivity contribution in [1.29, 1.82) is 0 Å². The Morgan fingerprint density at radius 2 is 1.86 bits per heavy atom. The summed E-state index contributed by atoms with van der Waals surface area (Å²) in [5, 5.41) is 0. The lowest BCUT2D eigenvalue weighted by molar-refractivity contribution is 0.124. The van der Waals surface area contributed by atoms with Crippen molar-refractivity contribution in [3.63, 3.8) is 0 Å². The van der Waals surface area contributed by atoms with Crippen molar-refractivity contribution >= 4 is 16.2 Å². The van der Waals surface area contributed by atoms with E-state index in [1.165, 1.54) is 6.42 Å². The van der Waals surface area contributed by atoms with Gasteiger partial charge in [-0.25, -0.2) is 0 Å². The van der Waals surface area contributed by atoms with Crippen molar-refractivity contribution in [2.75, 3.05) is 0 Å². The molecule has 0 saturated heterocycles. The molecule has 2 fully saturated rings. The van der Waals surface area contributed by atoms with Gasteiger partial charge in [0, 0.05) is 0 Å². The summed E-state index contributed by atoms with van der Waals surface area (Å²) in [6, 6.07) is 6.67. The van der Waals surface area contributed by atoms with E-state index in [0.29, 0.717) is 5.92 Å². The van der Waals surface area contributed by atoms with E-state index in [4.69, 9.17) is 4.18 Å². The highest BCUT2D eigenvalue weighted by Gasteiger charge is 2.61. The second-order valence-electron chi connectivity index (χ2n) is 7.49. The van der Waals surface area contributed by atoms with Gasteiger partial charge in [-0.3, -0.25) is 4.18 Å². The highest BCUT2D eigenvalue weighted by Crippen LogP contribution is 2.66. The summed E-state index contributed by atoms with van der Waals surface area (Å²) >= 11 is 0. The predicted molar refractivity (Wildman–Crippen MR) is 87.8 cm³/mol. The van der Waals surface area contributed by atoms with E-state index in [1.54, 1.807) is 30.3 Å². The van der Waals surface area contributed by atoms with Crippen molar-refractivity contribution < 1.29 is 12.6 Å². The Kier molecular flexibility index (Phi) is 3.53. The lowest BCUT2D eigenvalue weighted by Crippen LogP contribution is -2.28. The van der Waals surface area contributed by atoms with Crippen molar-refractivity contribution in [1.82, 2.24) is 0 Å². The Morgan fingerprint density at radius 1 is 1.23 bits per heavy atom. The topological polar surface area (TPSA) is 43.4 Å². The Labute approximate surface area is 133 Å². The normalized spacial score (nSPS) is 33.0. The van der Waals surface area contributed by atoms with Crippen LogP contribution in [-0.4, -0.2) is 14.5 Å². The van der Waals surface area contributed by atoms with Gasteiger partial charge in [0.1, 0.15) is 0 Å².